The van der Waals surface area contributed by atoms with E-state index in [0.717, 1.165) is 24.8 Å². The van der Waals surface area contributed by atoms with Crippen LogP contribution in [0.15, 0.2) is 24.5 Å². The second kappa shape index (κ2) is 3.60. The van der Waals surface area contributed by atoms with Crippen LogP contribution >= 0.6 is 0 Å². The van der Waals surface area contributed by atoms with Crippen LogP contribution in [0.4, 0.5) is 0 Å². The first-order valence-electron chi connectivity index (χ1n) is 5.65. The zero-order valence-electron chi connectivity index (χ0n) is 9.53. The molecule has 1 fully saturated rings. The van der Waals surface area contributed by atoms with Crippen LogP contribution in [0.1, 0.15) is 45.1 Å². The summed E-state index contributed by atoms with van der Waals surface area (Å²) in [6.45, 7) is 4.46. The molecule has 1 unspecified atom stereocenters. The van der Waals surface area contributed by atoms with E-state index in [1.165, 1.54) is 6.42 Å². The van der Waals surface area contributed by atoms with E-state index in [4.69, 9.17) is 0 Å². The molecule has 82 valence electrons. The lowest BCUT2D eigenvalue weighted by Crippen LogP contribution is -2.36. The lowest BCUT2D eigenvalue weighted by molar-refractivity contribution is -0.0442. The zero-order chi connectivity index (χ0) is 10.9. The Balaban J connectivity index is 2.27. The highest BCUT2D eigenvalue weighted by Gasteiger charge is 2.39. The highest BCUT2D eigenvalue weighted by Crippen LogP contribution is 2.45. The maximum atomic E-state index is 10.6. The van der Waals surface area contributed by atoms with Crippen LogP contribution in [0.2, 0.25) is 0 Å². The first-order valence-corrected chi connectivity index (χ1v) is 5.65. The molecular formula is C13H19NO. The molecule has 15 heavy (non-hydrogen) atoms. The van der Waals surface area contributed by atoms with E-state index in [0.29, 0.717) is 0 Å². The first-order chi connectivity index (χ1) is 7.02. The van der Waals surface area contributed by atoms with Gasteiger partial charge >= 0.3 is 0 Å². The molecule has 1 heterocycles. The quantitative estimate of drug-likeness (QED) is 0.764. The summed E-state index contributed by atoms with van der Waals surface area (Å²) in [7, 11) is 0. The fraction of sp³-hybridized carbons (Fsp3) is 0.615. The molecule has 1 aromatic rings. The monoisotopic (exact) mass is 205 g/mol. The highest BCUT2D eigenvalue weighted by atomic mass is 16.3. The molecule has 0 radical (unpaired) electrons. The molecule has 1 aliphatic rings. The third-order valence-electron chi connectivity index (χ3n) is 3.41. The molecule has 0 spiro atoms. The van der Waals surface area contributed by atoms with Gasteiger partial charge in [-0.05, 0) is 37.2 Å². The molecule has 2 nitrogen and oxygen atoms in total. The molecular weight excluding hydrogens is 186 g/mol. The van der Waals surface area contributed by atoms with Crippen LogP contribution in [0, 0.1) is 5.41 Å². The van der Waals surface area contributed by atoms with Crippen LogP contribution in [0.3, 0.4) is 0 Å². The minimum Gasteiger partial charge on any atom is -0.385 e. The molecule has 0 aliphatic heterocycles. The van der Waals surface area contributed by atoms with Gasteiger partial charge in [-0.2, -0.15) is 0 Å². The second-order valence-corrected chi connectivity index (χ2v) is 5.47. The first kappa shape index (κ1) is 10.6. The van der Waals surface area contributed by atoms with Crippen molar-refractivity contribution in [3.8, 4) is 0 Å². The Morgan fingerprint density at radius 3 is 2.73 bits per heavy atom. The van der Waals surface area contributed by atoms with Crippen LogP contribution in [-0.2, 0) is 5.60 Å². The van der Waals surface area contributed by atoms with Crippen LogP contribution < -0.4 is 0 Å². The molecule has 1 N–H and O–H groups in total. The molecule has 0 aromatic carbocycles. The third-order valence-corrected chi connectivity index (χ3v) is 3.41. The average Bonchev–Trinajstić information content (AvgIpc) is 2.17. The van der Waals surface area contributed by atoms with Crippen molar-refractivity contribution in [2.24, 2.45) is 5.41 Å². The van der Waals surface area contributed by atoms with Gasteiger partial charge in [0.05, 0.1) is 5.60 Å². The summed E-state index contributed by atoms with van der Waals surface area (Å²) < 4.78 is 0. The molecule has 1 saturated carbocycles. The molecule has 0 saturated heterocycles. The van der Waals surface area contributed by atoms with E-state index in [2.05, 4.69) is 18.8 Å². The van der Waals surface area contributed by atoms with Gasteiger partial charge in [-0.1, -0.05) is 19.9 Å². The normalized spacial score (nSPS) is 30.1. The molecule has 0 bridgehead atoms. The van der Waals surface area contributed by atoms with Gasteiger partial charge in [-0.25, -0.2) is 0 Å². The van der Waals surface area contributed by atoms with Crippen molar-refractivity contribution in [3.63, 3.8) is 0 Å². The Hall–Kier alpha value is -0.890. The van der Waals surface area contributed by atoms with Crippen molar-refractivity contribution in [2.75, 3.05) is 0 Å². The third kappa shape index (κ3) is 2.20. The highest BCUT2D eigenvalue weighted by molar-refractivity contribution is 5.19. The predicted molar refractivity (Wildman–Crippen MR) is 60.4 cm³/mol. The molecule has 2 rings (SSSR count). The van der Waals surface area contributed by atoms with Crippen molar-refractivity contribution in [3.05, 3.63) is 30.1 Å². The van der Waals surface area contributed by atoms with E-state index in [1.54, 1.807) is 12.4 Å². The number of rotatable bonds is 1. The van der Waals surface area contributed by atoms with E-state index in [9.17, 15) is 5.11 Å². The molecule has 0 amide bonds. The van der Waals surface area contributed by atoms with Crippen molar-refractivity contribution in [2.45, 2.75) is 45.1 Å². The second-order valence-electron chi connectivity index (χ2n) is 5.47. The summed E-state index contributed by atoms with van der Waals surface area (Å²) in [6, 6.07) is 3.88. The van der Waals surface area contributed by atoms with Gasteiger partial charge in [0, 0.05) is 18.0 Å². The standard InChI is InChI=1S/C13H19NO/c1-12(2)6-4-7-13(15,10-12)11-5-3-8-14-9-11/h3,5,8-9,15H,4,6-7,10H2,1-2H3. The lowest BCUT2D eigenvalue weighted by atomic mass is 9.68. The molecule has 1 atom stereocenters. The lowest BCUT2D eigenvalue weighted by Gasteiger charge is -2.41. The minimum absolute atomic E-state index is 0.239. The number of hydrogen-bond acceptors (Lipinski definition) is 2. The van der Waals surface area contributed by atoms with Gasteiger partial charge in [0.2, 0.25) is 0 Å². The van der Waals surface area contributed by atoms with Crippen LogP contribution in [0.25, 0.3) is 0 Å². The molecule has 2 heteroatoms. The SMILES string of the molecule is CC1(C)CCCC(O)(c2cccnc2)C1. The fourth-order valence-corrected chi connectivity index (χ4v) is 2.71. The number of hydrogen-bond donors (Lipinski definition) is 1. The van der Waals surface area contributed by atoms with E-state index in [1.807, 2.05) is 12.1 Å². The summed E-state index contributed by atoms with van der Waals surface area (Å²) in [5.74, 6) is 0. The van der Waals surface area contributed by atoms with Crippen LogP contribution in [-0.4, -0.2) is 10.1 Å². The summed E-state index contributed by atoms with van der Waals surface area (Å²) >= 11 is 0. The Bertz CT molecular complexity index is 334. The Morgan fingerprint density at radius 2 is 2.13 bits per heavy atom. The van der Waals surface area contributed by atoms with Crippen molar-refractivity contribution in [1.29, 1.82) is 0 Å². The number of nitrogens with zero attached hydrogens (tertiary/aromatic N) is 1. The van der Waals surface area contributed by atoms with E-state index >= 15 is 0 Å². The number of pyridine rings is 1. The zero-order valence-corrected chi connectivity index (χ0v) is 9.53. The van der Waals surface area contributed by atoms with E-state index < -0.39 is 5.60 Å². The smallest absolute Gasteiger partial charge is 0.0916 e. The average molecular weight is 205 g/mol. The molecule has 1 aromatic heterocycles. The summed E-state index contributed by atoms with van der Waals surface area (Å²) in [6.07, 6.45) is 7.55. The maximum absolute atomic E-state index is 10.6. The minimum atomic E-state index is -0.657. The summed E-state index contributed by atoms with van der Waals surface area (Å²) in [5.41, 5.74) is 0.552. The van der Waals surface area contributed by atoms with Gasteiger partial charge in [0.25, 0.3) is 0 Å². The Kier molecular flexibility index (Phi) is 2.55. The topological polar surface area (TPSA) is 33.1 Å². The van der Waals surface area contributed by atoms with E-state index in [-0.39, 0.29) is 5.41 Å². The maximum Gasteiger partial charge on any atom is 0.0916 e. The van der Waals surface area contributed by atoms with Gasteiger partial charge < -0.3 is 5.11 Å². The van der Waals surface area contributed by atoms with Crippen molar-refractivity contribution < 1.29 is 5.11 Å². The Morgan fingerprint density at radius 1 is 1.33 bits per heavy atom. The van der Waals surface area contributed by atoms with Crippen LogP contribution in [0.5, 0.6) is 0 Å². The van der Waals surface area contributed by atoms with Gasteiger partial charge in [-0.3, -0.25) is 4.98 Å². The summed E-state index contributed by atoms with van der Waals surface area (Å²) in [4.78, 5) is 4.09. The summed E-state index contributed by atoms with van der Waals surface area (Å²) in [5, 5.41) is 10.6. The number of aliphatic hydroxyl groups is 1. The van der Waals surface area contributed by atoms with Crippen molar-refractivity contribution >= 4 is 0 Å². The largest absolute Gasteiger partial charge is 0.385 e. The van der Waals surface area contributed by atoms with Gasteiger partial charge in [0.1, 0.15) is 0 Å². The molecule has 1 aliphatic carbocycles. The fourth-order valence-electron chi connectivity index (χ4n) is 2.71. The number of aromatic nitrogens is 1. The Labute approximate surface area is 91.4 Å². The predicted octanol–water partition coefficient (Wildman–Crippen LogP) is 2.87. The van der Waals surface area contributed by atoms with Gasteiger partial charge in [0.15, 0.2) is 0 Å². The van der Waals surface area contributed by atoms with Crippen molar-refractivity contribution in [1.82, 2.24) is 4.98 Å². The van der Waals surface area contributed by atoms with Gasteiger partial charge in [-0.15, -0.1) is 0 Å².